The van der Waals surface area contributed by atoms with Gasteiger partial charge in [-0.25, -0.2) is 0 Å². The van der Waals surface area contributed by atoms with Gasteiger partial charge >= 0.3 is 0 Å². The van der Waals surface area contributed by atoms with Crippen LogP contribution in [0, 0.1) is 0 Å². The van der Waals surface area contributed by atoms with E-state index in [-0.39, 0.29) is 17.7 Å². The van der Waals surface area contributed by atoms with Crippen LogP contribution in [0.2, 0.25) is 0 Å². The summed E-state index contributed by atoms with van der Waals surface area (Å²) >= 11 is 0. The number of ketones is 1. The average Bonchev–Trinajstić information content (AvgIpc) is 2.88. The van der Waals surface area contributed by atoms with Crippen molar-refractivity contribution >= 4 is 23.1 Å². The number of fused-ring (bicyclic) bond motifs is 1. The number of rotatable bonds is 4. The van der Waals surface area contributed by atoms with Gasteiger partial charge in [-0.1, -0.05) is 30.3 Å². The van der Waals surface area contributed by atoms with Crippen LogP contribution in [0.3, 0.4) is 0 Å². The van der Waals surface area contributed by atoms with E-state index in [1.807, 2.05) is 44.2 Å². The number of Topliss-reactive ketones (excluding diaryl/α,β-unsaturated/α-hetero) is 1. The maximum Gasteiger partial charge on any atom is 0.238 e. The molecule has 1 aliphatic rings. The van der Waals surface area contributed by atoms with Crippen LogP contribution in [0.5, 0.6) is 0 Å². The molecule has 0 aliphatic carbocycles. The van der Waals surface area contributed by atoms with Crippen molar-refractivity contribution in [3.63, 3.8) is 0 Å². The first-order chi connectivity index (χ1) is 11.5. The first kappa shape index (κ1) is 16.1. The SMILES string of the molecule is CC(=O)c1ccc2c(c1)C(C(=NC(C)C)c1ccccc1)C(=O)N2. The summed E-state index contributed by atoms with van der Waals surface area (Å²) in [5.41, 5.74) is 3.83. The number of benzene rings is 2. The largest absolute Gasteiger partial charge is 0.325 e. The molecule has 1 atom stereocenters. The lowest BCUT2D eigenvalue weighted by Gasteiger charge is -2.15. The Balaban J connectivity index is 2.15. The van der Waals surface area contributed by atoms with Crippen molar-refractivity contribution in [3.05, 3.63) is 65.2 Å². The molecule has 0 bridgehead atoms. The van der Waals surface area contributed by atoms with Gasteiger partial charge in [0.25, 0.3) is 0 Å². The Morgan fingerprint density at radius 1 is 1.08 bits per heavy atom. The lowest BCUT2D eigenvalue weighted by Crippen LogP contribution is -2.23. The summed E-state index contributed by atoms with van der Waals surface area (Å²) in [6.07, 6.45) is 0. The van der Waals surface area contributed by atoms with Crippen LogP contribution in [0.4, 0.5) is 5.69 Å². The van der Waals surface area contributed by atoms with Crippen LogP contribution in [0.15, 0.2) is 53.5 Å². The standard InChI is InChI=1S/C20H20N2O2/c1-12(2)21-19(14-7-5-4-6-8-14)18-16-11-15(13(3)23)9-10-17(16)22-20(18)24/h4-12,18H,1-3H3,(H,22,24). The predicted molar refractivity (Wildman–Crippen MR) is 95.9 cm³/mol. The molecule has 1 N–H and O–H groups in total. The molecule has 0 fully saturated rings. The third-order valence-corrected chi connectivity index (χ3v) is 4.03. The molecule has 4 heteroatoms. The number of nitrogens with zero attached hydrogens (tertiary/aromatic N) is 1. The van der Waals surface area contributed by atoms with Gasteiger partial charge in [0.05, 0.1) is 5.71 Å². The van der Waals surface area contributed by atoms with Gasteiger partial charge < -0.3 is 5.32 Å². The first-order valence-corrected chi connectivity index (χ1v) is 8.06. The quantitative estimate of drug-likeness (QED) is 0.687. The van der Waals surface area contributed by atoms with E-state index in [1.54, 1.807) is 18.2 Å². The fourth-order valence-corrected chi connectivity index (χ4v) is 2.95. The Bertz CT molecular complexity index is 823. The maximum atomic E-state index is 12.6. The van der Waals surface area contributed by atoms with Gasteiger partial charge in [-0.2, -0.15) is 0 Å². The monoisotopic (exact) mass is 320 g/mol. The van der Waals surface area contributed by atoms with Crippen LogP contribution in [-0.4, -0.2) is 23.4 Å². The highest BCUT2D eigenvalue weighted by Gasteiger charge is 2.35. The molecule has 0 aromatic heterocycles. The number of hydrogen-bond donors (Lipinski definition) is 1. The third-order valence-electron chi connectivity index (χ3n) is 4.03. The number of nitrogens with one attached hydrogen (secondary N) is 1. The molecule has 4 nitrogen and oxygen atoms in total. The molecule has 2 aromatic carbocycles. The highest BCUT2D eigenvalue weighted by molar-refractivity contribution is 6.24. The van der Waals surface area contributed by atoms with Gasteiger partial charge in [-0.05, 0) is 50.1 Å². The van der Waals surface area contributed by atoms with Gasteiger partial charge in [0.2, 0.25) is 5.91 Å². The van der Waals surface area contributed by atoms with E-state index >= 15 is 0 Å². The van der Waals surface area contributed by atoms with Gasteiger partial charge in [-0.15, -0.1) is 0 Å². The second-order valence-corrected chi connectivity index (χ2v) is 6.25. The molecule has 2 aromatic rings. The minimum atomic E-state index is -0.496. The van der Waals surface area contributed by atoms with E-state index in [0.717, 1.165) is 22.5 Å². The molecule has 0 radical (unpaired) electrons. The van der Waals surface area contributed by atoms with Crippen molar-refractivity contribution in [2.45, 2.75) is 32.7 Å². The predicted octanol–water partition coefficient (Wildman–Crippen LogP) is 3.82. The van der Waals surface area contributed by atoms with E-state index in [1.165, 1.54) is 6.92 Å². The lowest BCUT2D eigenvalue weighted by molar-refractivity contribution is -0.115. The molecule has 0 saturated heterocycles. The lowest BCUT2D eigenvalue weighted by atomic mass is 9.89. The Morgan fingerprint density at radius 3 is 2.42 bits per heavy atom. The molecule has 3 rings (SSSR count). The molecule has 122 valence electrons. The summed E-state index contributed by atoms with van der Waals surface area (Å²) in [5.74, 6) is -0.615. The Kier molecular flexibility index (Phi) is 4.30. The van der Waals surface area contributed by atoms with Crippen LogP contribution in [-0.2, 0) is 4.79 Å². The Morgan fingerprint density at radius 2 is 1.79 bits per heavy atom. The summed E-state index contributed by atoms with van der Waals surface area (Å²) in [6, 6.07) is 15.1. The van der Waals surface area contributed by atoms with Gasteiger partial charge in [0.15, 0.2) is 5.78 Å². The van der Waals surface area contributed by atoms with Crippen molar-refractivity contribution in [1.29, 1.82) is 0 Å². The van der Waals surface area contributed by atoms with E-state index in [0.29, 0.717) is 5.56 Å². The average molecular weight is 320 g/mol. The van der Waals surface area contributed by atoms with Crippen LogP contribution >= 0.6 is 0 Å². The highest BCUT2D eigenvalue weighted by atomic mass is 16.2. The molecule has 0 spiro atoms. The van der Waals surface area contributed by atoms with Crippen LogP contribution < -0.4 is 5.32 Å². The summed E-state index contributed by atoms with van der Waals surface area (Å²) in [4.78, 5) is 29.1. The fourth-order valence-electron chi connectivity index (χ4n) is 2.95. The smallest absolute Gasteiger partial charge is 0.238 e. The Labute approximate surface area is 141 Å². The van der Waals surface area contributed by atoms with Crippen molar-refractivity contribution < 1.29 is 9.59 Å². The van der Waals surface area contributed by atoms with E-state index in [4.69, 9.17) is 4.99 Å². The normalized spacial score (nSPS) is 16.9. The zero-order valence-electron chi connectivity index (χ0n) is 14.0. The zero-order chi connectivity index (χ0) is 17.3. The molecular weight excluding hydrogens is 300 g/mol. The van der Waals surface area contributed by atoms with E-state index in [9.17, 15) is 9.59 Å². The number of anilines is 1. The number of hydrogen-bond acceptors (Lipinski definition) is 3. The molecular formula is C20H20N2O2. The van der Waals surface area contributed by atoms with Crippen molar-refractivity contribution in [2.75, 3.05) is 5.32 Å². The summed E-state index contributed by atoms with van der Waals surface area (Å²) < 4.78 is 0. The second-order valence-electron chi connectivity index (χ2n) is 6.25. The fraction of sp³-hybridized carbons (Fsp3) is 0.250. The number of carbonyl (C=O) groups excluding carboxylic acids is 2. The molecule has 1 unspecified atom stereocenters. The number of carbonyl (C=O) groups is 2. The zero-order valence-corrected chi connectivity index (χ0v) is 14.0. The highest BCUT2D eigenvalue weighted by Crippen LogP contribution is 2.36. The van der Waals surface area contributed by atoms with Gasteiger partial charge in [0, 0.05) is 17.3 Å². The Hall–Kier alpha value is -2.75. The first-order valence-electron chi connectivity index (χ1n) is 8.06. The van der Waals surface area contributed by atoms with Crippen molar-refractivity contribution in [3.8, 4) is 0 Å². The van der Waals surface area contributed by atoms with Gasteiger partial charge in [0.1, 0.15) is 5.92 Å². The number of amides is 1. The minimum absolute atomic E-state index is 0.0158. The molecule has 1 amide bonds. The van der Waals surface area contributed by atoms with Crippen molar-refractivity contribution in [2.24, 2.45) is 4.99 Å². The molecule has 1 aliphatic heterocycles. The maximum absolute atomic E-state index is 12.6. The van der Waals surface area contributed by atoms with E-state index < -0.39 is 5.92 Å². The minimum Gasteiger partial charge on any atom is -0.325 e. The van der Waals surface area contributed by atoms with E-state index in [2.05, 4.69) is 5.32 Å². The topological polar surface area (TPSA) is 58.5 Å². The van der Waals surface area contributed by atoms with Crippen LogP contribution in [0.25, 0.3) is 0 Å². The summed E-state index contributed by atoms with van der Waals surface area (Å²) in [6.45, 7) is 5.51. The second kappa shape index (κ2) is 6.40. The third kappa shape index (κ3) is 3.00. The molecule has 0 saturated carbocycles. The number of aliphatic imine (C=N–C) groups is 1. The van der Waals surface area contributed by atoms with Crippen LogP contribution in [0.1, 0.15) is 48.2 Å². The van der Waals surface area contributed by atoms with Gasteiger partial charge in [-0.3, -0.25) is 14.6 Å². The summed E-state index contributed by atoms with van der Waals surface area (Å²) in [5, 5.41) is 2.91. The summed E-state index contributed by atoms with van der Waals surface area (Å²) in [7, 11) is 0. The molecule has 1 heterocycles. The molecule has 24 heavy (non-hydrogen) atoms. The van der Waals surface area contributed by atoms with Crippen molar-refractivity contribution in [1.82, 2.24) is 0 Å².